The number of alkyl halides is 2. The Bertz CT molecular complexity index is 347. The average Bonchev–Trinajstić information content (AvgIpc) is 2.16. The van der Waals surface area contributed by atoms with Gasteiger partial charge in [0.25, 0.3) is 5.92 Å². The topological polar surface area (TPSA) is 58.3 Å². The summed E-state index contributed by atoms with van der Waals surface area (Å²) in [6.45, 7) is -1.79. The molecule has 0 spiro atoms. The van der Waals surface area contributed by atoms with E-state index in [9.17, 15) is 8.78 Å². The minimum Gasteiger partial charge on any atom is -0.399 e. The molecule has 0 bridgehead atoms. The number of nitrogen functional groups attached to an aromatic ring is 1. The van der Waals surface area contributed by atoms with Gasteiger partial charge < -0.3 is 16.2 Å². The Morgan fingerprint density at radius 2 is 2.13 bits per heavy atom. The summed E-state index contributed by atoms with van der Waals surface area (Å²) >= 11 is 3.19. The zero-order chi connectivity index (χ0) is 11.5. The maximum Gasteiger partial charge on any atom is 0.287 e. The standard InChI is InChI=1S/C9H11BrF2N2O/c10-7-3-6(13)1-2-8(7)14-4-9(11,12)5-15/h1-3,14-15H,4-5,13H2. The molecule has 0 aliphatic carbocycles. The SMILES string of the molecule is Nc1ccc(NCC(F)(F)CO)c(Br)c1. The van der Waals surface area contributed by atoms with Crippen molar-refractivity contribution in [2.24, 2.45) is 0 Å². The van der Waals surface area contributed by atoms with Gasteiger partial charge in [-0.05, 0) is 34.1 Å². The summed E-state index contributed by atoms with van der Waals surface area (Å²) in [7, 11) is 0. The molecule has 0 aliphatic heterocycles. The van der Waals surface area contributed by atoms with Crippen molar-refractivity contribution >= 4 is 27.3 Å². The van der Waals surface area contributed by atoms with Crippen LogP contribution in [0.5, 0.6) is 0 Å². The van der Waals surface area contributed by atoms with Crippen LogP contribution in [-0.2, 0) is 0 Å². The van der Waals surface area contributed by atoms with Gasteiger partial charge in [-0.3, -0.25) is 0 Å². The van der Waals surface area contributed by atoms with E-state index in [0.717, 1.165) is 0 Å². The lowest BCUT2D eigenvalue weighted by Gasteiger charge is -2.15. The highest BCUT2D eigenvalue weighted by molar-refractivity contribution is 9.10. The maximum absolute atomic E-state index is 12.7. The molecule has 1 aromatic rings. The molecule has 3 nitrogen and oxygen atoms in total. The highest BCUT2D eigenvalue weighted by Crippen LogP contribution is 2.25. The van der Waals surface area contributed by atoms with Gasteiger partial charge in [0.15, 0.2) is 0 Å². The van der Waals surface area contributed by atoms with Crippen LogP contribution >= 0.6 is 15.9 Å². The molecule has 0 radical (unpaired) electrons. The van der Waals surface area contributed by atoms with Gasteiger partial charge in [0.1, 0.15) is 6.61 Å². The van der Waals surface area contributed by atoms with Gasteiger partial charge in [0.05, 0.1) is 6.54 Å². The van der Waals surface area contributed by atoms with Crippen LogP contribution in [0.15, 0.2) is 22.7 Å². The summed E-state index contributed by atoms with van der Waals surface area (Å²) < 4.78 is 26.0. The largest absolute Gasteiger partial charge is 0.399 e. The molecular weight excluding hydrogens is 270 g/mol. The molecule has 6 heteroatoms. The first-order valence-corrected chi connectivity index (χ1v) is 5.01. The van der Waals surface area contributed by atoms with Gasteiger partial charge in [-0.25, -0.2) is 8.78 Å². The lowest BCUT2D eigenvalue weighted by atomic mass is 10.2. The molecule has 0 heterocycles. The first kappa shape index (κ1) is 12.2. The van der Waals surface area contributed by atoms with E-state index in [4.69, 9.17) is 10.8 Å². The first-order valence-electron chi connectivity index (χ1n) is 4.22. The third-order valence-electron chi connectivity index (χ3n) is 1.76. The van der Waals surface area contributed by atoms with Gasteiger partial charge in [-0.1, -0.05) is 0 Å². The van der Waals surface area contributed by atoms with E-state index >= 15 is 0 Å². The zero-order valence-corrected chi connectivity index (χ0v) is 9.39. The lowest BCUT2D eigenvalue weighted by Crippen LogP contribution is -2.31. The quantitative estimate of drug-likeness (QED) is 0.740. The Morgan fingerprint density at radius 1 is 1.47 bits per heavy atom. The van der Waals surface area contributed by atoms with E-state index in [1.807, 2.05) is 0 Å². The molecule has 0 saturated carbocycles. The molecule has 0 unspecified atom stereocenters. The number of aliphatic hydroxyl groups excluding tert-OH is 1. The average molecular weight is 281 g/mol. The molecule has 0 amide bonds. The van der Waals surface area contributed by atoms with Crippen LogP contribution in [0.1, 0.15) is 0 Å². The normalized spacial score (nSPS) is 11.5. The fourth-order valence-electron chi connectivity index (χ4n) is 0.955. The Hall–Kier alpha value is -0.880. The fraction of sp³-hybridized carbons (Fsp3) is 0.333. The molecule has 84 valence electrons. The van der Waals surface area contributed by atoms with E-state index < -0.39 is 19.1 Å². The fourth-order valence-corrected chi connectivity index (χ4v) is 1.49. The van der Waals surface area contributed by atoms with Crippen molar-refractivity contribution < 1.29 is 13.9 Å². The van der Waals surface area contributed by atoms with E-state index in [1.54, 1.807) is 18.2 Å². The van der Waals surface area contributed by atoms with Crippen LogP contribution in [0, 0.1) is 0 Å². The highest BCUT2D eigenvalue weighted by atomic mass is 79.9. The van der Waals surface area contributed by atoms with Crippen molar-refractivity contribution in [1.82, 2.24) is 0 Å². The van der Waals surface area contributed by atoms with Crippen molar-refractivity contribution in [1.29, 1.82) is 0 Å². The van der Waals surface area contributed by atoms with Crippen molar-refractivity contribution in [3.63, 3.8) is 0 Å². The van der Waals surface area contributed by atoms with Crippen LogP contribution in [0.2, 0.25) is 0 Å². The number of halogens is 3. The zero-order valence-electron chi connectivity index (χ0n) is 7.80. The van der Waals surface area contributed by atoms with Crippen LogP contribution in [0.4, 0.5) is 20.2 Å². The van der Waals surface area contributed by atoms with Crippen LogP contribution < -0.4 is 11.1 Å². The van der Waals surface area contributed by atoms with Crippen LogP contribution in [0.25, 0.3) is 0 Å². The smallest absolute Gasteiger partial charge is 0.287 e. The number of hydrogen-bond donors (Lipinski definition) is 3. The van der Waals surface area contributed by atoms with Gasteiger partial charge >= 0.3 is 0 Å². The minimum absolute atomic E-state index is 0.511. The van der Waals surface area contributed by atoms with E-state index in [2.05, 4.69) is 21.2 Å². The molecule has 0 atom stereocenters. The molecule has 0 fully saturated rings. The van der Waals surface area contributed by atoms with Gasteiger partial charge in [-0.15, -0.1) is 0 Å². The molecule has 1 aromatic carbocycles. The Morgan fingerprint density at radius 3 is 2.67 bits per heavy atom. The predicted molar refractivity (Wildman–Crippen MR) is 59.1 cm³/mol. The molecule has 0 saturated heterocycles. The number of benzene rings is 1. The van der Waals surface area contributed by atoms with E-state index in [1.165, 1.54) is 0 Å². The minimum atomic E-state index is -3.12. The molecular formula is C9H11BrF2N2O. The number of anilines is 2. The number of rotatable bonds is 4. The van der Waals surface area contributed by atoms with Crippen molar-refractivity contribution in [3.05, 3.63) is 22.7 Å². The molecule has 0 aromatic heterocycles. The van der Waals surface area contributed by atoms with Crippen molar-refractivity contribution in [2.75, 3.05) is 24.2 Å². The summed E-state index contributed by atoms with van der Waals surface area (Å²) in [5.41, 5.74) is 6.54. The summed E-state index contributed by atoms with van der Waals surface area (Å²) in [5, 5.41) is 10.9. The number of hydrogen-bond acceptors (Lipinski definition) is 3. The Balaban J connectivity index is 2.66. The monoisotopic (exact) mass is 280 g/mol. The molecule has 15 heavy (non-hydrogen) atoms. The van der Waals surface area contributed by atoms with Gasteiger partial charge in [-0.2, -0.15) is 0 Å². The second kappa shape index (κ2) is 4.76. The summed E-state index contributed by atoms with van der Waals surface area (Å²) in [4.78, 5) is 0. The van der Waals surface area contributed by atoms with Crippen LogP contribution in [0.3, 0.4) is 0 Å². The highest BCUT2D eigenvalue weighted by Gasteiger charge is 2.27. The molecule has 0 aliphatic rings. The van der Waals surface area contributed by atoms with E-state index in [0.29, 0.717) is 15.8 Å². The Kier molecular flexibility index (Phi) is 3.87. The third-order valence-corrected chi connectivity index (χ3v) is 2.42. The molecule has 4 N–H and O–H groups in total. The summed E-state index contributed by atoms with van der Waals surface area (Å²) in [6, 6.07) is 4.80. The maximum atomic E-state index is 12.7. The Labute approximate surface area is 94.4 Å². The summed E-state index contributed by atoms with van der Waals surface area (Å²) in [6.07, 6.45) is 0. The first-order chi connectivity index (χ1) is 6.94. The van der Waals surface area contributed by atoms with Gasteiger partial charge in [0, 0.05) is 15.8 Å². The second-order valence-corrected chi connectivity index (χ2v) is 3.96. The number of nitrogens with two attached hydrogens (primary N) is 1. The summed E-state index contributed by atoms with van der Waals surface area (Å²) in [5.74, 6) is -3.12. The third kappa shape index (κ3) is 3.64. The van der Waals surface area contributed by atoms with Crippen LogP contribution in [-0.4, -0.2) is 24.2 Å². The predicted octanol–water partition coefficient (Wildman–Crippen LogP) is 2.07. The number of aliphatic hydroxyl groups is 1. The lowest BCUT2D eigenvalue weighted by molar-refractivity contribution is -0.0372. The second-order valence-electron chi connectivity index (χ2n) is 3.11. The molecule has 1 rings (SSSR count). The van der Waals surface area contributed by atoms with Crippen molar-refractivity contribution in [2.45, 2.75) is 5.92 Å². The van der Waals surface area contributed by atoms with Gasteiger partial charge in [0.2, 0.25) is 0 Å². The van der Waals surface area contributed by atoms with E-state index in [-0.39, 0.29) is 0 Å². The van der Waals surface area contributed by atoms with Crippen molar-refractivity contribution in [3.8, 4) is 0 Å². The number of nitrogens with one attached hydrogen (secondary N) is 1.